The van der Waals surface area contributed by atoms with Crippen molar-refractivity contribution in [1.29, 1.82) is 0 Å². The van der Waals surface area contributed by atoms with Gasteiger partial charge in [0.15, 0.2) is 0 Å². The van der Waals surface area contributed by atoms with E-state index in [1.165, 1.54) is 0 Å². The van der Waals surface area contributed by atoms with Crippen LogP contribution in [-0.2, 0) is 11.2 Å². The summed E-state index contributed by atoms with van der Waals surface area (Å²) in [6.07, 6.45) is 4.01. The molecule has 0 heterocycles. The number of carbonyl (C=O) groups excluding carboxylic acids is 1. The number of ketones is 1. The van der Waals surface area contributed by atoms with Crippen LogP contribution in [0.4, 0.5) is 0 Å². The van der Waals surface area contributed by atoms with Gasteiger partial charge < -0.3 is 10.5 Å². The molecule has 18 heavy (non-hydrogen) atoms. The topological polar surface area (TPSA) is 52.3 Å². The van der Waals surface area contributed by atoms with Crippen LogP contribution in [0.25, 0.3) is 0 Å². The summed E-state index contributed by atoms with van der Waals surface area (Å²) in [5.41, 5.74) is 7.98. The molecule has 3 heteroatoms. The highest BCUT2D eigenvalue weighted by atomic mass is 16.5. The zero-order valence-corrected chi connectivity index (χ0v) is 11.2. The molecule has 0 amide bonds. The van der Waals surface area contributed by atoms with Crippen LogP contribution < -0.4 is 10.5 Å². The van der Waals surface area contributed by atoms with Crippen LogP contribution in [0.3, 0.4) is 0 Å². The molecule has 3 nitrogen and oxygen atoms in total. The molecule has 0 atom stereocenters. The van der Waals surface area contributed by atoms with E-state index in [4.69, 9.17) is 10.5 Å². The number of methoxy groups -OCH3 is 1. The van der Waals surface area contributed by atoms with E-state index in [9.17, 15) is 4.79 Å². The second kappa shape index (κ2) is 5.11. The van der Waals surface area contributed by atoms with Gasteiger partial charge in [0.25, 0.3) is 0 Å². The predicted molar refractivity (Wildman–Crippen MR) is 71.8 cm³/mol. The van der Waals surface area contributed by atoms with Crippen molar-refractivity contribution in [1.82, 2.24) is 0 Å². The molecule has 1 saturated carbocycles. The number of Topliss-reactive ketones (excluding diaryl/α,β-unsaturated/α-hetero) is 1. The standard InChI is InChI=1S/C15H21NO2/c1-11-4-5-14(18-2)12(8-11)9-13(17)10-15(16)6-3-7-15/h4-5,8H,3,6-7,9-10,16H2,1-2H3. The van der Waals surface area contributed by atoms with Crippen LogP contribution in [0, 0.1) is 6.92 Å². The molecule has 0 unspecified atom stereocenters. The Morgan fingerprint density at radius 2 is 2.17 bits per heavy atom. The van der Waals surface area contributed by atoms with Gasteiger partial charge in [-0.05, 0) is 32.3 Å². The Labute approximate surface area is 108 Å². The summed E-state index contributed by atoms with van der Waals surface area (Å²) in [6, 6.07) is 5.92. The zero-order chi connectivity index (χ0) is 13.2. The summed E-state index contributed by atoms with van der Waals surface area (Å²) in [5.74, 6) is 0.995. The summed E-state index contributed by atoms with van der Waals surface area (Å²) in [7, 11) is 1.63. The second-order valence-electron chi connectivity index (χ2n) is 5.42. The van der Waals surface area contributed by atoms with Gasteiger partial charge in [0.05, 0.1) is 7.11 Å². The van der Waals surface area contributed by atoms with Crippen molar-refractivity contribution in [3.05, 3.63) is 29.3 Å². The van der Waals surface area contributed by atoms with Gasteiger partial charge in [-0.15, -0.1) is 0 Å². The van der Waals surface area contributed by atoms with Gasteiger partial charge in [-0.3, -0.25) is 4.79 Å². The number of carbonyl (C=O) groups is 1. The number of aryl methyl sites for hydroxylation is 1. The van der Waals surface area contributed by atoms with Gasteiger partial charge in [-0.1, -0.05) is 17.7 Å². The maximum Gasteiger partial charge on any atom is 0.139 e. The fourth-order valence-electron chi connectivity index (χ4n) is 2.52. The molecule has 0 aromatic heterocycles. The average Bonchev–Trinajstić information content (AvgIpc) is 2.27. The zero-order valence-electron chi connectivity index (χ0n) is 11.2. The normalized spacial score (nSPS) is 17.1. The van der Waals surface area contributed by atoms with Gasteiger partial charge in [0, 0.05) is 23.9 Å². The minimum atomic E-state index is -0.228. The molecular weight excluding hydrogens is 226 g/mol. The molecule has 1 aromatic rings. The van der Waals surface area contributed by atoms with Crippen LogP contribution in [0.2, 0.25) is 0 Å². The minimum absolute atomic E-state index is 0.209. The largest absolute Gasteiger partial charge is 0.496 e. The molecular formula is C15H21NO2. The molecule has 98 valence electrons. The molecule has 1 aromatic carbocycles. The molecule has 0 spiro atoms. The summed E-state index contributed by atoms with van der Waals surface area (Å²) in [6.45, 7) is 2.02. The van der Waals surface area contributed by atoms with E-state index in [-0.39, 0.29) is 11.3 Å². The van der Waals surface area contributed by atoms with Crippen molar-refractivity contribution in [3.63, 3.8) is 0 Å². The summed E-state index contributed by atoms with van der Waals surface area (Å²) in [4.78, 5) is 12.1. The summed E-state index contributed by atoms with van der Waals surface area (Å²) >= 11 is 0. The van der Waals surface area contributed by atoms with Crippen molar-refractivity contribution in [2.24, 2.45) is 5.73 Å². The van der Waals surface area contributed by atoms with Crippen LogP contribution >= 0.6 is 0 Å². The number of nitrogens with two attached hydrogens (primary N) is 1. The molecule has 1 fully saturated rings. The summed E-state index contributed by atoms with van der Waals surface area (Å²) in [5, 5.41) is 0. The highest BCUT2D eigenvalue weighted by molar-refractivity contribution is 5.82. The number of ether oxygens (including phenoxy) is 1. The fraction of sp³-hybridized carbons (Fsp3) is 0.533. The van der Waals surface area contributed by atoms with E-state index in [2.05, 4.69) is 0 Å². The number of hydrogen-bond donors (Lipinski definition) is 1. The van der Waals surface area contributed by atoms with Gasteiger partial charge in [-0.25, -0.2) is 0 Å². The smallest absolute Gasteiger partial charge is 0.139 e. The third-order valence-electron chi connectivity index (χ3n) is 3.72. The molecule has 2 rings (SSSR count). The average molecular weight is 247 g/mol. The Morgan fingerprint density at radius 1 is 1.44 bits per heavy atom. The van der Waals surface area contributed by atoms with E-state index in [0.717, 1.165) is 36.1 Å². The molecule has 0 aliphatic heterocycles. The molecule has 1 aliphatic rings. The first-order valence-electron chi connectivity index (χ1n) is 6.46. The van der Waals surface area contributed by atoms with E-state index in [1.807, 2.05) is 25.1 Å². The number of hydrogen-bond acceptors (Lipinski definition) is 3. The number of benzene rings is 1. The monoisotopic (exact) mass is 247 g/mol. The Hall–Kier alpha value is -1.35. The third-order valence-corrected chi connectivity index (χ3v) is 3.72. The molecule has 0 bridgehead atoms. The lowest BCUT2D eigenvalue weighted by Gasteiger charge is -2.37. The van der Waals surface area contributed by atoms with Crippen molar-refractivity contribution in [2.45, 2.75) is 44.6 Å². The highest BCUT2D eigenvalue weighted by Crippen LogP contribution is 2.33. The maximum absolute atomic E-state index is 12.1. The first-order chi connectivity index (χ1) is 8.52. The number of rotatable bonds is 5. The lowest BCUT2D eigenvalue weighted by molar-refractivity contribution is -0.120. The second-order valence-corrected chi connectivity index (χ2v) is 5.42. The first-order valence-corrected chi connectivity index (χ1v) is 6.46. The Kier molecular flexibility index (Phi) is 3.71. The van der Waals surface area contributed by atoms with Crippen LogP contribution in [0.1, 0.15) is 36.8 Å². The van der Waals surface area contributed by atoms with Crippen LogP contribution in [-0.4, -0.2) is 18.4 Å². The first kappa shape index (κ1) is 13.1. The predicted octanol–water partition coefficient (Wildman–Crippen LogP) is 2.39. The van der Waals surface area contributed by atoms with Gasteiger partial charge in [0.2, 0.25) is 0 Å². The molecule has 2 N–H and O–H groups in total. The van der Waals surface area contributed by atoms with Gasteiger partial charge >= 0.3 is 0 Å². The van der Waals surface area contributed by atoms with Crippen LogP contribution in [0.5, 0.6) is 5.75 Å². The van der Waals surface area contributed by atoms with Crippen molar-refractivity contribution >= 4 is 5.78 Å². The SMILES string of the molecule is COc1ccc(C)cc1CC(=O)CC1(N)CCC1. The quantitative estimate of drug-likeness (QED) is 0.869. The van der Waals surface area contributed by atoms with Crippen molar-refractivity contribution in [2.75, 3.05) is 7.11 Å². The Bertz CT molecular complexity index is 450. The van der Waals surface area contributed by atoms with E-state index in [1.54, 1.807) is 7.11 Å². The van der Waals surface area contributed by atoms with E-state index >= 15 is 0 Å². The van der Waals surface area contributed by atoms with E-state index < -0.39 is 0 Å². The highest BCUT2D eigenvalue weighted by Gasteiger charge is 2.34. The Morgan fingerprint density at radius 3 is 2.72 bits per heavy atom. The molecule has 1 aliphatic carbocycles. The summed E-state index contributed by atoms with van der Waals surface area (Å²) < 4.78 is 5.29. The van der Waals surface area contributed by atoms with Gasteiger partial charge in [-0.2, -0.15) is 0 Å². The minimum Gasteiger partial charge on any atom is -0.496 e. The Balaban J connectivity index is 2.04. The lowest BCUT2D eigenvalue weighted by atomic mass is 9.74. The fourth-order valence-corrected chi connectivity index (χ4v) is 2.52. The van der Waals surface area contributed by atoms with Gasteiger partial charge in [0.1, 0.15) is 11.5 Å². The lowest BCUT2D eigenvalue weighted by Crippen LogP contribution is -2.48. The molecule has 0 saturated heterocycles. The van der Waals surface area contributed by atoms with Crippen LogP contribution in [0.15, 0.2) is 18.2 Å². The molecule has 0 radical (unpaired) electrons. The van der Waals surface area contributed by atoms with E-state index in [0.29, 0.717) is 12.8 Å². The van der Waals surface area contributed by atoms with Crippen molar-refractivity contribution in [3.8, 4) is 5.75 Å². The maximum atomic E-state index is 12.1. The third kappa shape index (κ3) is 2.91. The van der Waals surface area contributed by atoms with Crippen molar-refractivity contribution < 1.29 is 9.53 Å².